The Morgan fingerprint density at radius 2 is 2.20 bits per heavy atom. The fraction of sp³-hybridized carbons (Fsp3) is 0.333. The van der Waals surface area contributed by atoms with Crippen molar-refractivity contribution in [3.63, 3.8) is 0 Å². The third kappa shape index (κ3) is 1.57. The average molecular weight is 158 g/mol. The first-order chi connectivity index (χ1) is 4.72. The maximum absolute atomic E-state index is 5.57. The smallest absolute Gasteiger partial charge is 0.224 e. The second-order valence-electron chi connectivity index (χ2n) is 1.91. The van der Waals surface area contributed by atoms with Crippen molar-refractivity contribution in [3.05, 3.63) is 17.0 Å². The van der Waals surface area contributed by atoms with Gasteiger partial charge in [0.2, 0.25) is 5.28 Å². The lowest BCUT2D eigenvalue weighted by atomic mass is 10.4. The Morgan fingerprint density at radius 3 is 2.70 bits per heavy atom. The molecule has 10 heavy (non-hydrogen) atoms. The van der Waals surface area contributed by atoms with Gasteiger partial charge in [0.15, 0.2) is 0 Å². The maximum Gasteiger partial charge on any atom is 0.224 e. The van der Waals surface area contributed by atoms with Crippen molar-refractivity contribution in [2.24, 2.45) is 0 Å². The first kappa shape index (κ1) is 7.28. The number of anilines is 1. The van der Waals surface area contributed by atoms with E-state index in [-0.39, 0.29) is 5.28 Å². The molecule has 0 aromatic carbocycles. The lowest BCUT2D eigenvalue weighted by molar-refractivity contribution is 1.10. The fourth-order valence-corrected chi connectivity index (χ4v) is 0.885. The van der Waals surface area contributed by atoms with Gasteiger partial charge >= 0.3 is 0 Å². The number of hydrogen-bond acceptors (Lipinski definition) is 3. The van der Waals surface area contributed by atoms with E-state index in [9.17, 15) is 0 Å². The van der Waals surface area contributed by atoms with Gasteiger partial charge in [0.05, 0.1) is 0 Å². The Bertz CT molecular complexity index is 216. The predicted molar refractivity (Wildman–Crippen MR) is 41.3 cm³/mol. The zero-order valence-electron chi connectivity index (χ0n) is 5.85. The van der Waals surface area contributed by atoms with Gasteiger partial charge in [0.25, 0.3) is 0 Å². The number of hydrogen-bond donors (Lipinski definition) is 1. The van der Waals surface area contributed by atoms with Crippen LogP contribution >= 0.6 is 11.6 Å². The molecular weight excluding hydrogens is 150 g/mol. The van der Waals surface area contributed by atoms with E-state index < -0.39 is 0 Å². The topological polar surface area (TPSA) is 37.8 Å². The molecule has 0 fully saturated rings. The van der Waals surface area contributed by atoms with Gasteiger partial charge in [-0.2, -0.15) is 0 Å². The first-order valence-corrected chi connectivity index (χ1v) is 3.29. The van der Waals surface area contributed by atoms with Crippen LogP contribution in [0.1, 0.15) is 5.69 Å². The highest BCUT2D eigenvalue weighted by Gasteiger charge is 1.95. The molecule has 0 atom stereocenters. The largest absolute Gasteiger partial charge is 0.373 e. The van der Waals surface area contributed by atoms with Crippen LogP contribution in [-0.2, 0) is 0 Å². The van der Waals surface area contributed by atoms with Crippen LogP contribution in [0, 0.1) is 6.92 Å². The van der Waals surface area contributed by atoms with Crippen LogP contribution in [0.5, 0.6) is 0 Å². The zero-order chi connectivity index (χ0) is 7.56. The Labute approximate surface area is 64.5 Å². The van der Waals surface area contributed by atoms with Crippen LogP contribution < -0.4 is 5.32 Å². The SMILES string of the molecule is CNc1cc(C)nc(Cl)n1. The molecule has 1 aromatic heterocycles. The van der Waals surface area contributed by atoms with Crippen LogP contribution in [0.25, 0.3) is 0 Å². The Hall–Kier alpha value is -0.830. The van der Waals surface area contributed by atoms with E-state index in [0.717, 1.165) is 11.5 Å². The minimum Gasteiger partial charge on any atom is -0.373 e. The Balaban J connectivity index is 3.06. The van der Waals surface area contributed by atoms with Crippen LogP contribution in [0.4, 0.5) is 5.82 Å². The molecule has 0 spiro atoms. The van der Waals surface area contributed by atoms with Crippen LogP contribution in [0.15, 0.2) is 6.07 Å². The van der Waals surface area contributed by atoms with Crippen molar-refractivity contribution in [2.45, 2.75) is 6.92 Å². The molecule has 0 unspecified atom stereocenters. The number of nitrogens with zero attached hydrogens (tertiary/aromatic N) is 2. The van der Waals surface area contributed by atoms with Gasteiger partial charge in [-0.1, -0.05) is 0 Å². The summed E-state index contributed by atoms with van der Waals surface area (Å²) < 4.78 is 0. The van der Waals surface area contributed by atoms with Crippen molar-refractivity contribution in [3.8, 4) is 0 Å². The van der Waals surface area contributed by atoms with Gasteiger partial charge in [0.1, 0.15) is 5.82 Å². The van der Waals surface area contributed by atoms with Crippen LogP contribution in [-0.4, -0.2) is 17.0 Å². The second-order valence-corrected chi connectivity index (χ2v) is 2.25. The second kappa shape index (κ2) is 2.84. The lowest BCUT2D eigenvalue weighted by Crippen LogP contribution is -1.95. The summed E-state index contributed by atoms with van der Waals surface area (Å²) in [7, 11) is 1.79. The van der Waals surface area contributed by atoms with Gasteiger partial charge in [-0.25, -0.2) is 9.97 Å². The monoisotopic (exact) mass is 157 g/mol. The van der Waals surface area contributed by atoms with E-state index in [1.165, 1.54) is 0 Å². The lowest BCUT2D eigenvalue weighted by Gasteiger charge is -1.98. The number of halogens is 1. The molecule has 54 valence electrons. The maximum atomic E-state index is 5.57. The van der Waals surface area contributed by atoms with E-state index in [2.05, 4.69) is 15.3 Å². The molecule has 0 radical (unpaired) electrons. The first-order valence-electron chi connectivity index (χ1n) is 2.91. The molecule has 0 aliphatic heterocycles. The highest BCUT2D eigenvalue weighted by molar-refractivity contribution is 6.28. The molecule has 1 aromatic rings. The molecule has 0 saturated carbocycles. The van der Waals surface area contributed by atoms with Gasteiger partial charge in [-0.05, 0) is 18.5 Å². The van der Waals surface area contributed by atoms with Gasteiger partial charge in [-0.15, -0.1) is 0 Å². The molecule has 0 amide bonds. The minimum atomic E-state index is 0.282. The number of rotatable bonds is 1. The summed E-state index contributed by atoms with van der Waals surface area (Å²) in [6.07, 6.45) is 0. The number of aromatic nitrogens is 2. The Morgan fingerprint density at radius 1 is 1.50 bits per heavy atom. The summed E-state index contributed by atoms with van der Waals surface area (Å²) in [5.74, 6) is 0.748. The summed E-state index contributed by atoms with van der Waals surface area (Å²) >= 11 is 5.57. The molecule has 1 heterocycles. The highest BCUT2D eigenvalue weighted by Crippen LogP contribution is 2.07. The summed E-state index contributed by atoms with van der Waals surface area (Å²) in [6, 6.07) is 1.83. The minimum absolute atomic E-state index is 0.282. The molecule has 0 bridgehead atoms. The van der Waals surface area contributed by atoms with E-state index in [4.69, 9.17) is 11.6 Å². The number of nitrogens with one attached hydrogen (secondary N) is 1. The van der Waals surface area contributed by atoms with Crippen molar-refractivity contribution in [2.75, 3.05) is 12.4 Å². The summed E-state index contributed by atoms with van der Waals surface area (Å²) in [5.41, 5.74) is 0.865. The van der Waals surface area contributed by atoms with E-state index in [1.54, 1.807) is 7.05 Å². The van der Waals surface area contributed by atoms with E-state index in [1.807, 2.05) is 13.0 Å². The van der Waals surface area contributed by atoms with Crippen molar-refractivity contribution in [1.29, 1.82) is 0 Å². The number of aryl methyl sites for hydroxylation is 1. The molecular formula is C6H8ClN3. The fourth-order valence-electron chi connectivity index (χ4n) is 0.660. The van der Waals surface area contributed by atoms with Gasteiger partial charge < -0.3 is 5.32 Å². The van der Waals surface area contributed by atoms with E-state index in [0.29, 0.717) is 0 Å². The normalized spacial score (nSPS) is 9.50. The Kier molecular flexibility index (Phi) is 2.06. The van der Waals surface area contributed by atoms with Crippen molar-refractivity contribution >= 4 is 17.4 Å². The van der Waals surface area contributed by atoms with Gasteiger partial charge in [0, 0.05) is 18.8 Å². The highest BCUT2D eigenvalue weighted by atomic mass is 35.5. The van der Waals surface area contributed by atoms with Gasteiger partial charge in [-0.3, -0.25) is 0 Å². The molecule has 1 rings (SSSR count). The molecule has 0 aliphatic rings. The molecule has 1 N–H and O–H groups in total. The summed E-state index contributed by atoms with van der Waals surface area (Å²) in [4.78, 5) is 7.79. The predicted octanol–water partition coefficient (Wildman–Crippen LogP) is 1.48. The van der Waals surface area contributed by atoms with Crippen molar-refractivity contribution in [1.82, 2.24) is 9.97 Å². The average Bonchev–Trinajstić information content (AvgIpc) is 1.85. The van der Waals surface area contributed by atoms with Crippen LogP contribution in [0.2, 0.25) is 5.28 Å². The molecule has 0 aliphatic carbocycles. The quantitative estimate of drug-likeness (QED) is 0.628. The van der Waals surface area contributed by atoms with Crippen molar-refractivity contribution < 1.29 is 0 Å². The molecule has 3 nitrogen and oxygen atoms in total. The third-order valence-corrected chi connectivity index (χ3v) is 1.25. The standard InChI is InChI=1S/C6H8ClN3/c1-4-3-5(8-2)10-6(7)9-4/h3H,1-2H3,(H,8,9,10). The van der Waals surface area contributed by atoms with E-state index >= 15 is 0 Å². The zero-order valence-corrected chi connectivity index (χ0v) is 6.61. The molecule has 0 saturated heterocycles. The summed E-state index contributed by atoms with van der Waals surface area (Å²) in [6.45, 7) is 1.87. The molecule has 4 heteroatoms. The summed E-state index contributed by atoms with van der Waals surface area (Å²) in [5, 5.41) is 3.15. The van der Waals surface area contributed by atoms with Crippen LogP contribution in [0.3, 0.4) is 0 Å². The third-order valence-electron chi connectivity index (χ3n) is 1.08.